The highest BCUT2D eigenvalue weighted by Crippen LogP contribution is 2.28. The maximum Gasteiger partial charge on any atom is 0.337 e. The third kappa shape index (κ3) is 4.95. The summed E-state index contributed by atoms with van der Waals surface area (Å²) in [5.41, 5.74) is 2.58. The molecule has 0 aromatic heterocycles. The number of carbonyl (C=O) groups is 1. The Balaban J connectivity index is 2.28. The van der Waals surface area contributed by atoms with Gasteiger partial charge in [-0.25, -0.2) is 9.18 Å². The van der Waals surface area contributed by atoms with Crippen LogP contribution in [0.2, 0.25) is 0 Å². The van der Waals surface area contributed by atoms with Gasteiger partial charge in [-0.2, -0.15) is 0 Å². The molecule has 0 heterocycles. The smallest absolute Gasteiger partial charge is 0.337 e. The largest absolute Gasteiger partial charge is 0.465 e. The van der Waals surface area contributed by atoms with E-state index in [0.717, 1.165) is 6.07 Å². The van der Waals surface area contributed by atoms with Crippen LogP contribution in [0.4, 0.5) is 15.8 Å². The van der Waals surface area contributed by atoms with Gasteiger partial charge in [-0.05, 0) is 64.1 Å². The molecular formula is C22H28FN3O4. The van der Waals surface area contributed by atoms with Gasteiger partial charge in [0.05, 0.1) is 29.7 Å². The fraction of sp³-hybridized carbons (Fsp3) is 0.364. The number of ether oxygens (including phenoxy) is 1. The minimum atomic E-state index is -1.08. The Kier molecular flexibility index (Phi) is 6.84. The van der Waals surface area contributed by atoms with Gasteiger partial charge in [0.25, 0.3) is 0 Å². The number of anilines is 2. The van der Waals surface area contributed by atoms with Crippen LogP contribution in [-0.4, -0.2) is 42.1 Å². The Morgan fingerprint density at radius 2 is 1.73 bits per heavy atom. The number of esters is 1. The SMILES string of the molecule is CNc1cc(NOC(C)(C)C(C)(C)O)ccc1C(=N)c1ccc(C(=O)OC)cc1F. The first-order chi connectivity index (χ1) is 13.9. The molecule has 0 aliphatic heterocycles. The quantitative estimate of drug-likeness (QED) is 0.294. The van der Waals surface area contributed by atoms with Crippen LogP contribution in [0.5, 0.6) is 0 Å². The van der Waals surface area contributed by atoms with Crippen molar-refractivity contribution >= 4 is 23.1 Å². The Morgan fingerprint density at radius 3 is 2.27 bits per heavy atom. The van der Waals surface area contributed by atoms with E-state index in [0.29, 0.717) is 16.9 Å². The van der Waals surface area contributed by atoms with Gasteiger partial charge in [-0.3, -0.25) is 15.7 Å². The highest BCUT2D eigenvalue weighted by molar-refractivity contribution is 6.14. The summed E-state index contributed by atoms with van der Waals surface area (Å²) in [6.07, 6.45) is 0. The second kappa shape index (κ2) is 8.81. The summed E-state index contributed by atoms with van der Waals surface area (Å²) in [5.74, 6) is -1.34. The molecule has 0 bridgehead atoms. The van der Waals surface area contributed by atoms with E-state index in [1.807, 2.05) is 0 Å². The van der Waals surface area contributed by atoms with Crippen molar-refractivity contribution in [3.8, 4) is 0 Å². The Labute approximate surface area is 175 Å². The van der Waals surface area contributed by atoms with Gasteiger partial charge in [0.1, 0.15) is 11.4 Å². The lowest BCUT2D eigenvalue weighted by Gasteiger charge is -2.36. The van der Waals surface area contributed by atoms with Crippen molar-refractivity contribution in [2.75, 3.05) is 25.0 Å². The maximum absolute atomic E-state index is 14.5. The summed E-state index contributed by atoms with van der Waals surface area (Å²) in [7, 11) is 2.91. The minimum absolute atomic E-state index is 0.0439. The molecule has 4 N–H and O–H groups in total. The van der Waals surface area contributed by atoms with Gasteiger partial charge in [-0.1, -0.05) is 0 Å². The van der Waals surface area contributed by atoms with Crippen LogP contribution in [-0.2, 0) is 9.57 Å². The average molecular weight is 417 g/mol. The van der Waals surface area contributed by atoms with Gasteiger partial charge >= 0.3 is 5.97 Å². The van der Waals surface area contributed by atoms with Crippen molar-refractivity contribution in [3.63, 3.8) is 0 Å². The molecule has 0 saturated heterocycles. The van der Waals surface area contributed by atoms with Crippen LogP contribution in [0.25, 0.3) is 0 Å². The Morgan fingerprint density at radius 1 is 1.10 bits per heavy atom. The van der Waals surface area contributed by atoms with Crippen LogP contribution in [0.3, 0.4) is 0 Å². The zero-order valence-electron chi connectivity index (χ0n) is 18.0. The molecule has 0 aliphatic rings. The summed E-state index contributed by atoms with van der Waals surface area (Å²) >= 11 is 0. The lowest BCUT2D eigenvalue weighted by atomic mass is 9.90. The van der Waals surface area contributed by atoms with Crippen molar-refractivity contribution in [2.45, 2.75) is 38.9 Å². The molecule has 0 radical (unpaired) electrons. The van der Waals surface area contributed by atoms with Crippen molar-refractivity contribution in [1.82, 2.24) is 0 Å². The first-order valence-corrected chi connectivity index (χ1v) is 9.36. The number of nitrogens with one attached hydrogen (secondary N) is 3. The third-order valence-electron chi connectivity index (χ3n) is 5.12. The first kappa shape index (κ1) is 23.3. The summed E-state index contributed by atoms with van der Waals surface area (Å²) in [4.78, 5) is 17.2. The number of benzene rings is 2. The van der Waals surface area contributed by atoms with E-state index in [2.05, 4.69) is 15.5 Å². The van der Waals surface area contributed by atoms with Gasteiger partial charge < -0.3 is 15.2 Å². The molecule has 0 spiro atoms. The molecular weight excluding hydrogens is 389 g/mol. The zero-order chi connectivity index (χ0) is 22.7. The van der Waals surface area contributed by atoms with Gasteiger partial charge in [-0.15, -0.1) is 0 Å². The summed E-state index contributed by atoms with van der Waals surface area (Å²) in [5, 5.41) is 21.6. The van der Waals surface area contributed by atoms with E-state index < -0.39 is 23.0 Å². The van der Waals surface area contributed by atoms with Crippen LogP contribution < -0.4 is 10.8 Å². The normalized spacial score (nSPS) is 11.7. The molecule has 7 nitrogen and oxygen atoms in total. The van der Waals surface area contributed by atoms with Crippen LogP contribution in [0.15, 0.2) is 36.4 Å². The Hall–Kier alpha value is -2.97. The first-order valence-electron chi connectivity index (χ1n) is 9.36. The van der Waals surface area contributed by atoms with E-state index in [9.17, 15) is 14.3 Å². The predicted octanol–water partition coefficient (Wildman–Crippen LogP) is 3.96. The van der Waals surface area contributed by atoms with E-state index in [-0.39, 0.29) is 16.8 Å². The van der Waals surface area contributed by atoms with E-state index in [1.54, 1.807) is 52.9 Å². The number of rotatable bonds is 8. The number of hydrogen-bond donors (Lipinski definition) is 4. The topological polar surface area (TPSA) is 104 Å². The molecule has 2 aromatic rings. The molecule has 0 aliphatic carbocycles. The molecule has 30 heavy (non-hydrogen) atoms. The van der Waals surface area contributed by atoms with E-state index >= 15 is 0 Å². The van der Waals surface area contributed by atoms with Crippen molar-refractivity contribution in [1.29, 1.82) is 5.41 Å². The average Bonchev–Trinajstić information content (AvgIpc) is 2.70. The molecule has 2 rings (SSSR count). The highest BCUT2D eigenvalue weighted by atomic mass is 19.1. The monoisotopic (exact) mass is 417 g/mol. The second-order valence-corrected chi connectivity index (χ2v) is 7.85. The summed E-state index contributed by atoms with van der Waals surface area (Å²) < 4.78 is 19.1. The van der Waals surface area contributed by atoms with Crippen LogP contribution in [0.1, 0.15) is 49.2 Å². The van der Waals surface area contributed by atoms with Gasteiger partial charge in [0.2, 0.25) is 0 Å². The van der Waals surface area contributed by atoms with E-state index in [4.69, 9.17) is 10.2 Å². The van der Waals surface area contributed by atoms with Crippen LogP contribution >= 0.6 is 0 Å². The molecule has 0 saturated carbocycles. The highest BCUT2D eigenvalue weighted by Gasteiger charge is 2.37. The van der Waals surface area contributed by atoms with Gasteiger partial charge in [0, 0.05) is 23.9 Å². The number of carbonyl (C=O) groups excluding carboxylic acids is 1. The number of halogens is 1. The second-order valence-electron chi connectivity index (χ2n) is 7.85. The van der Waals surface area contributed by atoms with Crippen LogP contribution in [0, 0.1) is 11.2 Å². The van der Waals surface area contributed by atoms with E-state index in [1.165, 1.54) is 19.2 Å². The molecule has 0 fully saturated rings. The van der Waals surface area contributed by atoms with Crippen molar-refractivity contribution in [3.05, 3.63) is 58.9 Å². The molecule has 0 atom stereocenters. The lowest BCUT2D eigenvalue weighted by molar-refractivity contribution is -0.130. The number of methoxy groups -OCH3 is 1. The summed E-state index contributed by atoms with van der Waals surface area (Å²) in [6, 6.07) is 8.91. The predicted molar refractivity (Wildman–Crippen MR) is 115 cm³/mol. The van der Waals surface area contributed by atoms with Gasteiger partial charge in [0.15, 0.2) is 0 Å². The summed E-state index contributed by atoms with van der Waals surface area (Å²) in [6.45, 7) is 6.81. The van der Waals surface area contributed by atoms with Crippen molar-refractivity contribution < 1.29 is 23.9 Å². The fourth-order valence-electron chi connectivity index (χ4n) is 2.45. The molecule has 0 unspecified atom stereocenters. The molecule has 2 aromatic carbocycles. The molecule has 162 valence electrons. The third-order valence-corrected chi connectivity index (χ3v) is 5.12. The maximum atomic E-state index is 14.5. The van der Waals surface area contributed by atoms with Crippen molar-refractivity contribution in [2.24, 2.45) is 0 Å². The lowest BCUT2D eigenvalue weighted by Crippen LogP contribution is -2.48. The number of hydrogen-bond acceptors (Lipinski definition) is 7. The fourth-order valence-corrected chi connectivity index (χ4v) is 2.45. The standard InChI is InChI=1S/C22H28FN3O4/c1-21(2,28)22(3,4)30-26-14-8-10-16(18(12-14)25-5)19(24)15-9-7-13(11-17(15)23)20(27)29-6/h7-12,24-26,28H,1-6H3. The number of aliphatic hydroxyl groups is 1. The molecule has 8 heteroatoms. The Bertz CT molecular complexity index is 952. The molecule has 0 amide bonds. The minimum Gasteiger partial charge on any atom is -0.465 e. The zero-order valence-corrected chi connectivity index (χ0v) is 18.0.